The molecule has 29 heavy (non-hydrogen) atoms. The van der Waals surface area contributed by atoms with Gasteiger partial charge in [-0.2, -0.15) is 0 Å². The van der Waals surface area contributed by atoms with Gasteiger partial charge in [-0.1, -0.05) is 12.1 Å². The summed E-state index contributed by atoms with van der Waals surface area (Å²) in [6, 6.07) is 9.71. The van der Waals surface area contributed by atoms with Crippen molar-refractivity contribution in [1.29, 1.82) is 0 Å². The third kappa shape index (κ3) is 3.78. The van der Waals surface area contributed by atoms with E-state index in [1.807, 2.05) is 6.07 Å². The Labute approximate surface area is 166 Å². The zero-order chi connectivity index (χ0) is 20.4. The molecule has 4 rings (SSSR count). The summed E-state index contributed by atoms with van der Waals surface area (Å²) in [4.78, 5) is 24.0. The minimum atomic E-state index is -0.973. The second-order valence-electron chi connectivity index (χ2n) is 7.21. The molecule has 0 unspecified atom stereocenters. The lowest BCUT2D eigenvalue weighted by Crippen LogP contribution is -2.49. The monoisotopic (exact) mass is 395 g/mol. The van der Waals surface area contributed by atoms with Crippen molar-refractivity contribution in [2.45, 2.75) is 24.4 Å². The van der Waals surface area contributed by atoms with E-state index in [-0.39, 0.29) is 25.1 Å². The summed E-state index contributed by atoms with van der Waals surface area (Å²) in [6.07, 6.45) is 4.17. The Morgan fingerprint density at radius 3 is 2.55 bits per heavy atom. The van der Waals surface area contributed by atoms with E-state index in [2.05, 4.69) is 20.3 Å². The Hall–Kier alpha value is -3.42. The van der Waals surface area contributed by atoms with Gasteiger partial charge in [-0.15, -0.1) is 0 Å². The first-order chi connectivity index (χ1) is 14.0. The fourth-order valence-electron chi connectivity index (χ4n) is 3.65. The minimum Gasteiger partial charge on any atom is -0.366 e. The number of benzene rings is 1. The SMILES string of the molecule is NC(=O)c1cccc(-c2cnc(NC[C@]3(c4ncccc4F)C[C@H](F)C3)nc2)c1. The van der Waals surface area contributed by atoms with E-state index < -0.39 is 23.3 Å². The van der Waals surface area contributed by atoms with Crippen LogP contribution in [0.5, 0.6) is 0 Å². The number of nitrogens with two attached hydrogens (primary N) is 1. The van der Waals surface area contributed by atoms with Crippen LogP contribution in [-0.2, 0) is 5.41 Å². The van der Waals surface area contributed by atoms with Gasteiger partial charge < -0.3 is 11.1 Å². The molecule has 0 radical (unpaired) electrons. The maximum atomic E-state index is 14.2. The summed E-state index contributed by atoms with van der Waals surface area (Å²) >= 11 is 0. The van der Waals surface area contributed by atoms with E-state index in [0.29, 0.717) is 11.5 Å². The van der Waals surface area contributed by atoms with Crippen molar-refractivity contribution >= 4 is 11.9 Å². The highest BCUT2D eigenvalue weighted by atomic mass is 19.1. The number of halogens is 2. The molecule has 3 aromatic rings. The normalized spacial score (nSPS) is 20.7. The molecular weight excluding hydrogens is 376 g/mol. The zero-order valence-electron chi connectivity index (χ0n) is 15.5. The number of nitrogens with one attached hydrogen (secondary N) is 1. The molecule has 1 fully saturated rings. The van der Waals surface area contributed by atoms with Gasteiger partial charge in [0, 0.05) is 41.7 Å². The fourth-order valence-corrected chi connectivity index (χ4v) is 3.65. The summed E-state index contributed by atoms with van der Waals surface area (Å²) < 4.78 is 27.9. The predicted molar refractivity (Wildman–Crippen MR) is 104 cm³/mol. The smallest absolute Gasteiger partial charge is 0.248 e. The van der Waals surface area contributed by atoms with Gasteiger partial charge in [0.2, 0.25) is 11.9 Å². The molecule has 1 aliphatic rings. The van der Waals surface area contributed by atoms with Gasteiger partial charge in [0.1, 0.15) is 12.0 Å². The molecule has 6 nitrogen and oxygen atoms in total. The molecule has 0 saturated heterocycles. The van der Waals surface area contributed by atoms with Crippen molar-refractivity contribution in [3.05, 3.63) is 72.1 Å². The second-order valence-corrected chi connectivity index (χ2v) is 7.21. The maximum absolute atomic E-state index is 14.2. The number of alkyl halides is 1. The average molecular weight is 395 g/mol. The Balaban J connectivity index is 1.50. The molecule has 1 aliphatic carbocycles. The summed E-state index contributed by atoms with van der Waals surface area (Å²) in [5.74, 6) is -0.602. The number of pyridine rings is 1. The number of carbonyl (C=O) groups excluding carboxylic acids is 1. The molecule has 8 heteroatoms. The Morgan fingerprint density at radius 1 is 1.14 bits per heavy atom. The van der Waals surface area contributed by atoms with Crippen LogP contribution in [0.4, 0.5) is 14.7 Å². The highest BCUT2D eigenvalue weighted by Crippen LogP contribution is 2.45. The van der Waals surface area contributed by atoms with Crippen LogP contribution in [0.15, 0.2) is 55.0 Å². The number of aromatic nitrogens is 3. The average Bonchev–Trinajstić information content (AvgIpc) is 2.71. The molecule has 0 atom stereocenters. The van der Waals surface area contributed by atoms with Gasteiger partial charge in [-0.05, 0) is 42.7 Å². The highest BCUT2D eigenvalue weighted by molar-refractivity contribution is 5.94. The fraction of sp³-hybridized carbons (Fsp3) is 0.238. The number of carbonyl (C=O) groups is 1. The van der Waals surface area contributed by atoms with Crippen LogP contribution in [-0.4, -0.2) is 33.6 Å². The molecule has 0 spiro atoms. The van der Waals surface area contributed by atoms with Crippen LogP contribution >= 0.6 is 0 Å². The lowest BCUT2D eigenvalue weighted by atomic mass is 9.65. The van der Waals surface area contributed by atoms with Crippen molar-refractivity contribution in [3.63, 3.8) is 0 Å². The second kappa shape index (κ2) is 7.54. The lowest BCUT2D eigenvalue weighted by Gasteiger charge is -2.43. The number of primary amides is 1. The van der Waals surface area contributed by atoms with E-state index in [9.17, 15) is 13.6 Å². The molecule has 3 N–H and O–H groups in total. The van der Waals surface area contributed by atoms with Crippen molar-refractivity contribution in [2.24, 2.45) is 5.73 Å². The van der Waals surface area contributed by atoms with E-state index in [1.54, 1.807) is 30.6 Å². The van der Waals surface area contributed by atoms with Gasteiger partial charge in [-0.3, -0.25) is 9.78 Å². The molecule has 2 heterocycles. The Bertz CT molecular complexity index is 1040. The lowest BCUT2D eigenvalue weighted by molar-refractivity contribution is 0.0963. The number of rotatable bonds is 6. The number of nitrogens with zero attached hydrogens (tertiary/aromatic N) is 3. The molecule has 1 saturated carbocycles. The van der Waals surface area contributed by atoms with Gasteiger partial charge in [0.25, 0.3) is 0 Å². The van der Waals surface area contributed by atoms with Crippen molar-refractivity contribution in [2.75, 3.05) is 11.9 Å². The minimum absolute atomic E-state index is 0.200. The van der Waals surface area contributed by atoms with E-state index in [1.165, 1.54) is 18.3 Å². The molecular formula is C21H19F2N5O. The quantitative estimate of drug-likeness (QED) is 0.668. The first-order valence-corrected chi connectivity index (χ1v) is 9.18. The third-order valence-corrected chi connectivity index (χ3v) is 5.20. The summed E-state index contributed by atoms with van der Waals surface area (Å²) in [5.41, 5.74) is 6.74. The van der Waals surface area contributed by atoms with Crippen molar-refractivity contribution < 1.29 is 13.6 Å². The summed E-state index contributed by atoms with van der Waals surface area (Å²) in [7, 11) is 0. The third-order valence-electron chi connectivity index (χ3n) is 5.20. The topological polar surface area (TPSA) is 93.8 Å². The number of anilines is 1. The van der Waals surface area contributed by atoms with E-state index in [4.69, 9.17) is 5.73 Å². The number of hydrogen-bond acceptors (Lipinski definition) is 5. The van der Waals surface area contributed by atoms with Gasteiger partial charge >= 0.3 is 0 Å². The Kier molecular flexibility index (Phi) is 4.92. The van der Waals surface area contributed by atoms with Crippen LogP contribution in [0.25, 0.3) is 11.1 Å². The Morgan fingerprint density at radius 2 is 1.90 bits per heavy atom. The molecule has 0 bridgehead atoms. The van der Waals surface area contributed by atoms with E-state index in [0.717, 1.165) is 11.1 Å². The van der Waals surface area contributed by atoms with Crippen molar-refractivity contribution in [3.8, 4) is 11.1 Å². The largest absolute Gasteiger partial charge is 0.366 e. The molecule has 148 valence electrons. The predicted octanol–water partition coefficient (Wildman–Crippen LogP) is 3.26. The van der Waals surface area contributed by atoms with Gasteiger partial charge in [-0.25, -0.2) is 18.7 Å². The standard InChI is InChI=1S/C21H19F2N5O/c22-16-8-21(9-16,18-17(23)5-2-6-25-18)12-28-20-26-10-15(11-27-20)13-3-1-4-14(7-13)19(24)29/h1-7,10-11,16H,8-9,12H2,(H2,24,29)(H,26,27,28)/t16-,21-. The summed E-state index contributed by atoms with van der Waals surface area (Å²) in [5, 5.41) is 3.07. The first kappa shape index (κ1) is 18.9. The summed E-state index contributed by atoms with van der Waals surface area (Å²) in [6.45, 7) is 0.276. The van der Waals surface area contributed by atoms with Crippen LogP contribution in [0.2, 0.25) is 0 Å². The number of hydrogen-bond donors (Lipinski definition) is 2. The van der Waals surface area contributed by atoms with E-state index >= 15 is 0 Å². The molecule has 2 aromatic heterocycles. The zero-order valence-corrected chi connectivity index (χ0v) is 15.5. The van der Waals surface area contributed by atoms with Crippen LogP contribution in [0.3, 0.4) is 0 Å². The van der Waals surface area contributed by atoms with Gasteiger partial charge in [0.15, 0.2) is 0 Å². The maximum Gasteiger partial charge on any atom is 0.248 e. The first-order valence-electron chi connectivity index (χ1n) is 9.18. The number of amides is 1. The van der Waals surface area contributed by atoms with Crippen LogP contribution in [0, 0.1) is 5.82 Å². The van der Waals surface area contributed by atoms with Gasteiger partial charge in [0.05, 0.1) is 5.69 Å². The molecule has 1 amide bonds. The molecule has 1 aromatic carbocycles. The van der Waals surface area contributed by atoms with Crippen LogP contribution < -0.4 is 11.1 Å². The van der Waals surface area contributed by atoms with Crippen molar-refractivity contribution in [1.82, 2.24) is 15.0 Å². The highest BCUT2D eigenvalue weighted by Gasteiger charge is 2.48. The van der Waals surface area contributed by atoms with Crippen LogP contribution in [0.1, 0.15) is 28.9 Å². The molecule has 0 aliphatic heterocycles.